The van der Waals surface area contributed by atoms with Gasteiger partial charge in [0, 0.05) is 7.97 Å². The number of furan rings is 1. The van der Waals surface area contributed by atoms with Gasteiger partial charge in [-0.25, -0.2) is 0 Å². The molecule has 0 bridgehead atoms. The number of hydrogen-bond donors (Lipinski definition) is 0. The van der Waals surface area contributed by atoms with E-state index >= 15 is 0 Å². The van der Waals surface area contributed by atoms with Crippen molar-refractivity contribution in [3.05, 3.63) is 65.6 Å². The zero-order valence-electron chi connectivity index (χ0n) is 15.0. The molecule has 1 aliphatic carbocycles. The van der Waals surface area contributed by atoms with Gasteiger partial charge in [-0.15, -0.1) is 0 Å². The topological polar surface area (TPSA) is 33.5 Å². The van der Waals surface area contributed by atoms with Crippen LogP contribution in [0.2, 0.25) is 0 Å². The Morgan fingerprint density at radius 3 is 2.92 bits per heavy atom. The van der Waals surface area contributed by atoms with Crippen molar-refractivity contribution in [1.82, 2.24) is 4.90 Å². The molecule has 1 saturated heterocycles. The fraction of sp³-hybridized carbons (Fsp3) is 0.409. The molecular weight excluding hydrogens is 310 g/mol. The van der Waals surface area contributed by atoms with E-state index in [0.29, 0.717) is 6.42 Å². The Kier molecular flexibility index (Phi) is 3.82. The van der Waals surface area contributed by atoms with Crippen molar-refractivity contribution in [2.45, 2.75) is 45.6 Å². The van der Waals surface area contributed by atoms with Crippen molar-refractivity contribution < 1.29 is 10.6 Å². The van der Waals surface area contributed by atoms with Crippen molar-refractivity contribution in [1.29, 1.82) is 0 Å². The van der Waals surface area contributed by atoms with Gasteiger partial charge >= 0.3 is 0 Å². The minimum Gasteiger partial charge on any atom is -0.462 e. The Morgan fingerprint density at radius 1 is 1.36 bits per heavy atom. The largest absolute Gasteiger partial charge is 0.462 e. The van der Waals surface area contributed by atoms with Gasteiger partial charge in [0.1, 0.15) is 11.5 Å². The maximum absolute atomic E-state index is 13.3. The fourth-order valence-corrected chi connectivity index (χ4v) is 4.42. The molecule has 0 saturated carbocycles. The molecule has 2 heterocycles. The van der Waals surface area contributed by atoms with Crippen LogP contribution in [0, 0.1) is 12.3 Å². The molecule has 4 rings (SSSR count). The van der Waals surface area contributed by atoms with E-state index in [4.69, 9.17) is 4.42 Å². The number of benzene rings is 1. The van der Waals surface area contributed by atoms with Gasteiger partial charge in [0.05, 0.1) is 11.5 Å². The average Bonchev–Trinajstić information content (AvgIpc) is 3.27. The van der Waals surface area contributed by atoms with E-state index in [9.17, 15) is 4.79 Å². The van der Waals surface area contributed by atoms with E-state index in [1.54, 1.807) is 0 Å². The predicted molar refractivity (Wildman–Crippen MR) is 101 cm³/mol. The molecule has 3 nitrogen and oxygen atoms in total. The molecule has 132 valence electrons. The van der Waals surface area contributed by atoms with Crippen LogP contribution in [-0.4, -0.2) is 17.4 Å². The van der Waals surface area contributed by atoms with Crippen LogP contribution in [0.5, 0.6) is 0 Å². The molecule has 2 aliphatic rings. The molecule has 1 aromatic heterocycles. The van der Waals surface area contributed by atoms with Gasteiger partial charge < -0.3 is 9.32 Å². The molecule has 3 heteroatoms. The third-order valence-corrected chi connectivity index (χ3v) is 5.85. The van der Waals surface area contributed by atoms with Gasteiger partial charge in [-0.05, 0) is 61.4 Å². The van der Waals surface area contributed by atoms with E-state index < -0.39 is 0 Å². The van der Waals surface area contributed by atoms with E-state index in [1.165, 1.54) is 11.1 Å². The van der Waals surface area contributed by atoms with Gasteiger partial charge in [-0.2, -0.15) is 0 Å². The predicted octanol–water partition coefficient (Wildman–Crippen LogP) is 5.16. The van der Waals surface area contributed by atoms with Crippen LogP contribution >= 0.6 is 0 Å². The summed E-state index contributed by atoms with van der Waals surface area (Å²) in [4.78, 5) is 15.4. The van der Waals surface area contributed by atoms with E-state index in [2.05, 4.69) is 42.7 Å². The summed E-state index contributed by atoms with van der Waals surface area (Å²) in [5.41, 5.74) is 3.26. The lowest BCUT2D eigenvalue weighted by Crippen LogP contribution is -2.35. The Bertz CT molecular complexity index is 840. The second-order valence-electron chi connectivity index (χ2n) is 7.75. The molecule has 0 spiro atoms. The second kappa shape index (κ2) is 5.91. The number of fused-ring (bicyclic) bond motifs is 1. The number of nitrogens with zero attached hydrogens (tertiary/aromatic N) is 1. The smallest absolute Gasteiger partial charge is 0.229 e. The van der Waals surface area contributed by atoms with Crippen molar-refractivity contribution in [3.63, 3.8) is 0 Å². The first-order chi connectivity index (χ1) is 12.0. The van der Waals surface area contributed by atoms with Crippen molar-refractivity contribution in [2.24, 2.45) is 5.41 Å². The first kappa shape index (κ1) is 16.2. The monoisotopic (exact) mass is 337 g/mol. The summed E-state index contributed by atoms with van der Waals surface area (Å²) in [6, 6.07) is 12.7. The highest BCUT2D eigenvalue weighted by Gasteiger charge is 2.46. The quantitative estimate of drug-likeness (QED) is 0.772. The lowest BCUT2D eigenvalue weighted by atomic mass is 9.81. The lowest BCUT2D eigenvalue weighted by Gasteiger charge is -2.28. The van der Waals surface area contributed by atoms with Crippen LogP contribution in [0.3, 0.4) is 0 Å². The number of likely N-dealkylation sites (tertiary alicyclic amines) is 1. The molecule has 1 aromatic carbocycles. The number of carbonyl (C=O) groups excluding carboxylic acids is 1. The Hall–Kier alpha value is -2.29. The Morgan fingerprint density at radius 2 is 2.16 bits per heavy atom. The molecule has 0 radical (unpaired) electrons. The van der Waals surface area contributed by atoms with Crippen molar-refractivity contribution in [2.75, 3.05) is 6.54 Å². The highest BCUT2D eigenvalue weighted by atomic mass is 16.3. The highest BCUT2D eigenvalue weighted by Crippen LogP contribution is 2.45. The number of allylic oxidation sites excluding steroid dienone is 1. The van der Waals surface area contributed by atoms with Crippen LogP contribution < -0.4 is 0 Å². The van der Waals surface area contributed by atoms with Gasteiger partial charge in [0.25, 0.3) is 0 Å². The van der Waals surface area contributed by atoms with Crippen LogP contribution in [0.1, 0.15) is 56.3 Å². The molecule has 2 atom stereocenters. The van der Waals surface area contributed by atoms with Crippen LogP contribution in [0.25, 0.3) is 5.57 Å². The first-order valence-corrected chi connectivity index (χ1v) is 9.11. The van der Waals surface area contributed by atoms with E-state index in [-0.39, 0.29) is 18.8 Å². The summed E-state index contributed by atoms with van der Waals surface area (Å²) in [6.45, 7) is 9.02. The number of rotatable bonds is 4. The Labute approximate surface area is 150 Å². The van der Waals surface area contributed by atoms with Gasteiger partial charge in [-0.1, -0.05) is 37.8 Å². The fourth-order valence-electron chi connectivity index (χ4n) is 4.42. The van der Waals surface area contributed by atoms with Crippen molar-refractivity contribution in [3.8, 4) is 0 Å². The lowest BCUT2D eigenvalue weighted by molar-refractivity contribution is -0.137. The third kappa shape index (κ3) is 2.72. The number of amides is 1. The summed E-state index contributed by atoms with van der Waals surface area (Å²) >= 11 is 0. The first-order valence-electron chi connectivity index (χ1n) is 9.11. The van der Waals surface area contributed by atoms with Crippen LogP contribution in [-0.2, 0) is 11.2 Å². The van der Waals surface area contributed by atoms with Crippen LogP contribution in [0.15, 0.2) is 47.4 Å². The maximum Gasteiger partial charge on any atom is 0.229 e. The van der Waals surface area contributed by atoms with Gasteiger partial charge in [0.2, 0.25) is 5.91 Å². The van der Waals surface area contributed by atoms with Crippen molar-refractivity contribution >= 4 is 11.5 Å². The molecule has 25 heavy (non-hydrogen) atoms. The highest BCUT2D eigenvalue weighted by molar-refractivity contribution is 5.87. The molecular formula is C22H27NO2. The van der Waals surface area contributed by atoms with Gasteiger partial charge in [0.15, 0.2) is 0 Å². The second-order valence-corrected chi connectivity index (χ2v) is 7.75. The molecule has 2 unspecified atom stereocenters. The molecule has 0 N–H and O–H groups in total. The summed E-state index contributed by atoms with van der Waals surface area (Å²) in [7, 11) is 0. The Balaban J connectivity index is 0.00000196. The molecule has 1 amide bonds. The zero-order chi connectivity index (χ0) is 17.6. The standard InChI is InChI=1S/C22H25NO2.H2/c1-15(20-11-8-16(2)25-20)14-22(3)12-13-23(21(22)24)19-10-9-17-6-4-5-7-18(17)19;/h4-8,11,19H,1,9-10,12-14H2,2-3H3;1H. The summed E-state index contributed by atoms with van der Waals surface area (Å²) in [5.74, 6) is 1.94. The summed E-state index contributed by atoms with van der Waals surface area (Å²) < 4.78 is 5.68. The zero-order valence-corrected chi connectivity index (χ0v) is 15.0. The third-order valence-electron chi connectivity index (χ3n) is 5.85. The SMILES string of the molecule is C=C(CC1(C)CCN(C2CCc3ccccc32)C1=O)c1ccc(C)o1.[HH]. The maximum atomic E-state index is 13.3. The molecule has 1 aliphatic heterocycles. The van der Waals surface area contributed by atoms with Gasteiger partial charge in [-0.3, -0.25) is 4.79 Å². The number of carbonyl (C=O) groups is 1. The van der Waals surface area contributed by atoms with Crippen LogP contribution in [0.4, 0.5) is 0 Å². The average molecular weight is 337 g/mol. The van der Waals surface area contributed by atoms with E-state index in [0.717, 1.165) is 42.9 Å². The minimum atomic E-state index is -0.380. The summed E-state index contributed by atoms with van der Waals surface area (Å²) in [6.07, 6.45) is 3.64. The molecule has 1 fully saturated rings. The summed E-state index contributed by atoms with van der Waals surface area (Å²) in [5, 5.41) is 0. The normalized spacial score (nSPS) is 25.4. The van der Waals surface area contributed by atoms with E-state index in [1.807, 2.05) is 19.1 Å². The molecule has 2 aromatic rings. The minimum absolute atomic E-state index is 0. The number of hydrogen-bond acceptors (Lipinski definition) is 2. The number of aryl methyl sites for hydroxylation is 2.